The van der Waals surface area contributed by atoms with Gasteiger partial charge < -0.3 is 4.57 Å². The van der Waals surface area contributed by atoms with Gasteiger partial charge in [-0.25, -0.2) is 0 Å². The molecule has 9 rings (SSSR count). The number of para-hydroxylation sites is 2. The first-order valence-electron chi connectivity index (χ1n) is 16.0. The van der Waals surface area contributed by atoms with Crippen LogP contribution in [0.3, 0.4) is 0 Å². The molecule has 0 aliphatic heterocycles. The van der Waals surface area contributed by atoms with Crippen LogP contribution in [0.1, 0.15) is 25.0 Å². The first-order chi connectivity index (χ1) is 22.6. The highest BCUT2D eigenvalue weighted by Crippen LogP contribution is 2.50. The Labute approximate surface area is 269 Å². The molecule has 2 heteroatoms. The van der Waals surface area contributed by atoms with Crippen molar-refractivity contribution in [3.8, 4) is 50.2 Å². The smallest absolute Gasteiger partial charge is 0.0541 e. The summed E-state index contributed by atoms with van der Waals surface area (Å²) >= 11 is 0. The van der Waals surface area contributed by atoms with Crippen molar-refractivity contribution in [2.75, 3.05) is 0 Å². The van der Waals surface area contributed by atoms with E-state index in [1.54, 1.807) is 0 Å². The minimum absolute atomic E-state index is 0.0742. The molecule has 218 valence electrons. The first-order valence-corrected chi connectivity index (χ1v) is 16.0. The highest BCUT2D eigenvalue weighted by molar-refractivity contribution is 6.09. The summed E-state index contributed by atoms with van der Waals surface area (Å²) in [7, 11) is 0. The third kappa shape index (κ3) is 4.07. The van der Waals surface area contributed by atoms with Crippen molar-refractivity contribution < 1.29 is 0 Å². The van der Waals surface area contributed by atoms with Gasteiger partial charge in [0.2, 0.25) is 0 Å². The number of aromatic nitrogens is 2. The molecule has 1 aliphatic rings. The Kier molecular flexibility index (Phi) is 5.88. The Balaban J connectivity index is 1.06. The molecule has 0 saturated heterocycles. The van der Waals surface area contributed by atoms with E-state index in [1.165, 1.54) is 77.6 Å². The molecule has 1 aliphatic carbocycles. The molecule has 6 aromatic carbocycles. The molecule has 0 spiro atoms. The van der Waals surface area contributed by atoms with Crippen LogP contribution in [0, 0.1) is 0 Å². The number of hydrogen-bond donors (Lipinski definition) is 0. The van der Waals surface area contributed by atoms with Crippen LogP contribution in [0.25, 0.3) is 72.0 Å². The van der Waals surface area contributed by atoms with Crippen LogP contribution < -0.4 is 0 Å². The lowest BCUT2D eigenvalue weighted by molar-refractivity contribution is 0.660. The van der Waals surface area contributed by atoms with Crippen molar-refractivity contribution in [3.05, 3.63) is 169 Å². The fraction of sp³-hybridized carbons (Fsp3) is 0.0682. The van der Waals surface area contributed by atoms with E-state index in [0.29, 0.717) is 0 Å². The number of benzene rings is 6. The molecule has 46 heavy (non-hydrogen) atoms. The van der Waals surface area contributed by atoms with Crippen LogP contribution in [-0.4, -0.2) is 9.55 Å². The Bertz CT molecular complexity index is 2360. The third-order valence-electron chi connectivity index (χ3n) is 9.93. The number of nitrogens with zero attached hydrogens (tertiary/aromatic N) is 2. The molecule has 8 aromatic rings. The predicted molar refractivity (Wildman–Crippen MR) is 192 cm³/mol. The molecule has 0 amide bonds. The summed E-state index contributed by atoms with van der Waals surface area (Å²) in [6, 6.07) is 53.3. The van der Waals surface area contributed by atoms with Gasteiger partial charge in [0.1, 0.15) is 0 Å². The minimum atomic E-state index is -0.0742. The predicted octanol–water partition coefficient (Wildman–Crippen LogP) is 11.5. The topological polar surface area (TPSA) is 17.8 Å². The van der Waals surface area contributed by atoms with Gasteiger partial charge in [0, 0.05) is 34.3 Å². The summed E-state index contributed by atoms with van der Waals surface area (Å²) < 4.78 is 2.37. The molecule has 2 nitrogen and oxygen atoms in total. The summed E-state index contributed by atoms with van der Waals surface area (Å²) in [6.07, 6.45) is 3.73. The van der Waals surface area contributed by atoms with Gasteiger partial charge in [0.05, 0.1) is 11.0 Å². The van der Waals surface area contributed by atoms with E-state index in [9.17, 15) is 0 Å². The lowest BCUT2D eigenvalue weighted by atomic mass is 9.81. The van der Waals surface area contributed by atoms with Gasteiger partial charge in [-0.2, -0.15) is 0 Å². The fourth-order valence-electron chi connectivity index (χ4n) is 7.50. The van der Waals surface area contributed by atoms with E-state index in [-0.39, 0.29) is 5.41 Å². The highest BCUT2D eigenvalue weighted by Gasteiger charge is 2.35. The van der Waals surface area contributed by atoms with E-state index in [1.807, 2.05) is 18.5 Å². The van der Waals surface area contributed by atoms with Crippen molar-refractivity contribution in [1.82, 2.24) is 9.55 Å². The molecular formula is C44H32N2. The fourth-order valence-corrected chi connectivity index (χ4v) is 7.50. The standard InChI is InChI=1S/C44H32N2/c1-44(2)40-24-20-32(30-17-21-35(22-18-30)46-42-11-5-3-9-37(42)38-10-4-6-12-43(38)46)26-39(40)36-23-19-33(27-41(36)44)29-13-15-31(16-14-29)34-8-7-25-45-28-34/h3-28H,1-2H3. The van der Waals surface area contributed by atoms with Gasteiger partial charge >= 0.3 is 0 Å². The van der Waals surface area contributed by atoms with Crippen molar-refractivity contribution >= 4 is 21.8 Å². The van der Waals surface area contributed by atoms with Crippen LogP contribution in [0.5, 0.6) is 0 Å². The zero-order valence-electron chi connectivity index (χ0n) is 25.9. The monoisotopic (exact) mass is 588 g/mol. The molecule has 0 atom stereocenters. The Morgan fingerprint density at radius 1 is 0.457 bits per heavy atom. The van der Waals surface area contributed by atoms with E-state index in [0.717, 1.165) is 5.56 Å². The molecule has 0 N–H and O–H groups in total. The molecule has 0 unspecified atom stereocenters. The maximum absolute atomic E-state index is 4.28. The molecule has 0 saturated carbocycles. The Morgan fingerprint density at radius 2 is 1.02 bits per heavy atom. The summed E-state index contributed by atoms with van der Waals surface area (Å²) in [6.45, 7) is 4.71. The van der Waals surface area contributed by atoms with E-state index < -0.39 is 0 Å². The number of fused-ring (bicyclic) bond motifs is 6. The van der Waals surface area contributed by atoms with Gasteiger partial charge in [0.25, 0.3) is 0 Å². The maximum atomic E-state index is 4.28. The van der Waals surface area contributed by atoms with Crippen LogP contribution in [0.2, 0.25) is 0 Å². The van der Waals surface area contributed by atoms with E-state index >= 15 is 0 Å². The Morgan fingerprint density at radius 3 is 1.67 bits per heavy atom. The maximum Gasteiger partial charge on any atom is 0.0541 e. The quantitative estimate of drug-likeness (QED) is 0.200. The normalized spacial score (nSPS) is 13.2. The average Bonchev–Trinajstić information content (AvgIpc) is 3.57. The van der Waals surface area contributed by atoms with Gasteiger partial charge in [-0.1, -0.05) is 117 Å². The van der Waals surface area contributed by atoms with E-state index in [2.05, 4.69) is 163 Å². The summed E-state index contributed by atoms with van der Waals surface area (Å²) in [5.74, 6) is 0. The van der Waals surface area contributed by atoms with E-state index in [4.69, 9.17) is 0 Å². The summed E-state index contributed by atoms with van der Waals surface area (Å²) in [4.78, 5) is 4.28. The van der Waals surface area contributed by atoms with Crippen molar-refractivity contribution in [3.63, 3.8) is 0 Å². The number of pyridine rings is 1. The second-order valence-electron chi connectivity index (χ2n) is 12.9. The zero-order chi connectivity index (χ0) is 30.8. The molecule has 0 radical (unpaired) electrons. The molecule has 0 bridgehead atoms. The molecule has 2 aromatic heterocycles. The van der Waals surface area contributed by atoms with Crippen LogP contribution >= 0.6 is 0 Å². The zero-order valence-corrected chi connectivity index (χ0v) is 25.9. The number of hydrogen-bond acceptors (Lipinski definition) is 1. The summed E-state index contributed by atoms with van der Waals surface area (Å²) in [5, 5.41) is 2.57. The van der Waals surface area contributed by atoms with Gasteiger partial charge in [-0.3, -0.25) is 4.98 Å². The molecular weight excluding hydrogens is 556 g/mol. The minimum Gasteiger partial charge on any atom is -0.309 e. The van der Waals surface area contributed by atoms with Crippen LogP contribution in [0.15, 0.2) is 158 Å². The van der Waals surface area contributed by atoms with Gasteiger partial charge in [-0.05, 0) is 98.1 Å². The third-order valence-corrected chi connectivity index (χ3v) is 9.93. The first kappa shape index (κ1) is 26.7. The second-order valence-corrected chi connectivity index (χ2v) is 12.9. The number of rotatable bonds is 4. The van der Waals surface area contributed by atoms with Crippen molar-refractivity contribution in [2.45, 2.75) is 19.3 Å². The molecule has 2 heterocycles. The van der Waals surface area contributed by atoms with Crippen LogP contribution in [-0.2, 0) is 5.41 Å². The van der Waals surface area contributed by atoms with Gasteiger partial charge in [-0.15, -0.1) is 0 Å². The van der Waals surface area contributed by atoms with Crippen molar-refractivity contribution in [1.29, 1.82) is 0 Å². The van der Waals surface area contributed by atoms with Crippen LogP contribution in [0.4, 0.5) is 0 Å². The van der Waals surface area contributed by atoms with Gasteiger partial charge in [0.15, 0.2) is 0 Å². The average molecular weight is 589 g/mol. The Hall–Kier alpha value is -5.73. The lowest BCUT2D eigenvalue weighted by Gasteiger charge is -2.22. The second kappa shape index (κ2) is 10.2. The lowest BCUT2D eigenvalue weighted by Crippen LogP contribution is -2.15. The molecule has 0 fully saturated rings. The summed E-state index contributed by atoms with van der Waals surface area (Å²) in [5.41, 5.74) is 16.3. The largest absolute Gasteiger partial charge is 0.309 e. The highest BCUT2D eigenvalue weighted by atomic mass is 15.0. The van der Waals surface area contributed by atoms with Crippen molar-refractivity contribution in [2.24, 2.45) is 0 Å². The SMILES string of the molecule is CC1(C)c2ccc(-c3ccc(-n4c5ccccc5c5ccccc54)cc3)cc2-c2ccc(-c3ccc(-c4cccnc4)cc3)cc21.